The highest BCUT2D eigenvalue weighted by Gasteiger charge is 2.27. The van der Waals surface area contributed by atoms with E-state index in [1.54, 1.807) is 18.2 Å². The lowest BCUT2D eigenvalue weighted by Gasteiger charge is -2.44. The topological polar surface area (TPSA) is 43.3 Å². The van der Waals surface area contributed by atoms with Gasteiger partial charge < -0.3 is 15.0 Å². The molecule has 15 heavy (non-hydrogen) atoms. The lowest BCUT2D eigenvalue weighted by molar-refractivity contribution is 0.390. The Kier molecular flexibility index (Phi) is 2.50. The minimum absolute atomic E-state index is 0.228. The van der Waals surface area contributed by atoms with Crippen LogP contribution in [0.25, 0.3) is 5.76 Å². The van der Waals surface area contributed by atoms with Gasteiger partial charge in [-0.05, 0) is 12.5 Å². The van der Waals surface area contributed by atoms with Crippen LogP contribution in [0.5, 0.6) is 0 Å². The third-order valence-corrected chi connectivity index (χ3v) is 2.78. The second-order valence-electron chi connectivity index (χ2n) is 3.90. The van der Waals surface area contributed by atoms with E-state index in [9.17, 15) is 10.3 Å². The zero-order chi connectivity index (χ0) is 10.9. The summed E-state index contributed by atoms with van der Waals surface area (Å²) in [6.45, 7) is 2.89. The van der Waals surface area contributed by atoms with Crippen LogP contribution < -0.4 is 4.65 Å². The molecule has 2 rings (SSSR count). The van der Waals surface area contributed by atoms with Gasteiger partial charge >= 0.3 is 0 Å². The summed E-state index contributed by atoms with van der Waals surface area (Å²) in [6.07, 6.45) is 2.46. The molecule has 0 aliphatic carbocycles. The molecule has 1 aromatic carbocycles. The zero-order valence-corrected chi connectivity index (χ0v) is 8.81. The van der Waals surface area contributed by atoms with Crippen LogP contribution in [0.4, 0.5) is 5.69 Å². The lowest BCUT2D eigenvalue weighted by Crippen LogP contribution is -2.46. The Morgan fingerprint density at radius 3 is 2.87 bits per heavy atom. The first-order valence-electron chi connectivity index (χ1n) is 5.24. The number of quaternary nitrogens is 1. The van der Waals surface area contributed by atoms with Gasteiger partial charge in [0.05, 0.1) is 12.1 Å². The summed E-state index contributed by atoms with van der Waals surface area (Å²) in [6, 6.07) is 7.28. The third kappa shape index (κ3) is 1.64. The van der Waals surface area contributed by atoms with Gasteiger partial charge in [0.2, 0.25) is 0 Å². The molecular weight excluding hydrogens is 190 g/mol. The fourth-order valence-corrected chi connectivity index (χ4v) is 2.06. The molecule has 3 heteroatoms. The Morgan fingerprint density at radius 1 is 1.40 bits per heavy atom. The molecule has 1 unspecified atom stereocenters. The van der Waals surface area contributed by atoms with E-state index in [0.717, 1.165) is 6.42 Å². The Bertz CT molecular complexity index is 400. The first kappa shape index (κ1) is 10.2. The summed E-state index contributed by atoms with van der Waals surface area (Å²) in [5.74, 6) is 0.228. The van der Waals surface area contributed by atoms with Crippen molar-refractivity contribution in [1.82, 2.24) is 4.65 Å². The van der Waals surface area contributed by atoms with E-state index in [0.29, 0.717) is 24.3 Å². The number of para-hydroxylation sites is 1. The molecule has 0 saturated carbocycles. The molecule has 1 aliphatic rings. The van der Waals surface area contributed by atoms with E-state index < -0.39 is 0 Å². The predicted molar refractivity (Wildman–Crippen MR) is 62.2 cm³/mol. The van der Waals surface area contributed by atoms with Crippen LogP contribution in [0.2, 0.25) is 0 Å². The van der Waals surface area contributed by atoms with Gasteiger partial charge in [0.1, 0.15) is 18.0 Å². The molecule has 1 aromatic rings. The number of aliphatic hydroxyl groups is 1. The standard InChI is InChI=1S/C12H15NO2/c1-2-8-13(15)9-7-12(14)10-5-3-4-6-11(10)13/h3-7,14H,2,8-9H2,1H3. The van der Waals surface area contributed by atoms with E-state index in [-0.39, 0.29) is 10.4 Å². The predicted octanol–water partition coefficient (Wildman–Crippen LogP) is 2.81. The minimum atomic E-state index is -0.350. The van der Waals surface area contributed by atoms with E-state index in [2.05, 4.69) is 0 Å². The molecule has 1 N–H and O–H groups in total. The average Bonchev–Trinajstić information content (AvgIpc) is 2.25. The van der Waals surface area contributed by atoms with Crippen molar-refractivity contribution < 1.29 is 5.11 Å². The molecular formula is C12H15NO2. The van der Waals surface area contributed by atoms with Crippen LogP contribution in [-0.4, -0.2) is 18.2 Å². The highest BCUT2D eigenvalue weighted by molar-refractivity contribution is 5.74. The van der Waals surface area contributed by atoms with Crippen molar-refractivity contribution >= 4 is 11.4 Å². The summed E-state index contributed by atoms with van der Waals surface area (Å²) in [4.78, 5) is 0. The van der Waals surface area contributed by atoms with Crippen molar-refractivity contribution in [2.75, 3.05) is 13.1 Å². The van der Waals surface area contributed by atoms with Crippen molar-refractivity contribution in [1.29, 1.82) is 0 Å². The number of hydroxylamine groups is 2. The largest absolute Gasteiger partial charge is 0.627 e. The second-order valence-corrected chi connectivity index (χ2v) is 3.90. The van der Waals surface area contributed by atoms with Crippen molar-refractivity contribution in [3.63, 3.8) is 0 Å². The van der Waals surface area contributed by atoms with Crippen LogP contribution in [0.3, 0.4) is 0 Å². The normalized spacial score (nSPS) is 24.5. The monoisotopic (exact) mass is 205 g/mol. The molecule has 1 aliphatic heterocycles. The molecule has 1 atom stereocenters. The van der Waals surface area contributed by atoms with Crippen molar-refractivity contribution in [3.8, 4) is 0 Å². The number of rotatable bonds is 2. The first-order chi connectivity index (χ1) is 7.17. The number of benzene rings is 1. The van der Waals surface area contributed by atoms with Gasteiger partial charge in [-0.25, -0.2) is 0 Å². The molecule has 0 aromatic heterocycles. The molecule has 0 bridgehead atoms. The zero-order valence-electron chi connectivity index (χ0n) is 8.81. The van der Waals surface area contributed by atoms with Crippen LogP contribution in [0, 0.1) is 5.21 Å². The second kappa shape index (κ2) is 3.68. The summed E-state index contributed by atoms with van der Waals surface area (Å²) >= 11 is 0. The van der Waals surface area contributed by atoms with Gasteiger partial charge in [-0.1, -0.05) is 19.1 Å². The highest BCUT2D eigenvalue weighted by Crippen LogP contribution is 2.34. The quantitative estimate of drug-likeness (QED) is 0.596. The number of aliphatic hydroxyl groups excluding tert-OH is 1. The summed E-state index contributed by atoms with van der Waals surface area (Å²) in [7, 11) is 0. The minimum Gasteiger partial charge on any atom is -0.627 e. The van der Waals surface area contributed by atoms with E-state index >= 15 is 0 Å². The maximum absolute atomic E-state index is 12.5. The molecule has 0 fully saturated rings. The maximum Gasteiger partial charge on any atom is 0.144 e. The average molecular weight is 205 g/mol. The fraction of sp³-hybridized carbons (Fsp3) is 0.333. The molecule has 80 valence electrons. The SMILES string of the molecule is CCC[N+]1([O-])CC=C(O)c2ccccc21. The Labute approximate surface area is 89.4 Å². The van der Waals surface area contributed by atoms with Gasteiger partial charge in [0.15, 0.2) is 0 Å². The Balaban J connectivity index is 2.50. The van der Waals surface area contributed by atoms with E-state index in [4.69, 9.17) is 0 Å². The molecule has 0 radical (unpaired) electrons. The molecule has 3 nitrogen and oxygen atoms in total. The number of hydrogen-bond donors (Lipinski definition) is 1. The Morgan fingerprint density at radius 2 is 2.13 bits per heavy atom. The van der Waals surface area contributed by atoms with Crippen molar-refractivity contribution in [3.05, 3.63) is 41.1 Å². The van der Waals surface area contributed by atoms with Gasteiger partial charge in [0.25, 0.3) is 0 Å². The number of nitrogens with zero attached hydrogens (tertiary/aromatic N) is 1. The Hall–Kier alpha value is -1.32. The lowest BCUT2D eigenvalue weighted by atomic mass is 10.1. The van der Waals surface area contributed by atoms with Gasteiger partial charge in [-0.15, -0.1) is 0 Å². The van der Waals surface area contributed by atoms with E-state index in [1.165, 1.54) is 0 Å². The van der Waals surface area contributed by atoms with Crippen molar-refractivity contribution in [2.45, 2.75) is 13.3 Å². The smallest absolute Gasteiger partial charge is 0.144 e. The molecule has 1 heterocycles. The van der Waals surface area contributed by atoms with Crippen LogP contribution in [0.15, 0.2) is 30.3 Å². The summed E-state index contributed by atoms with van der Waals surface area (Å²) in [5.41, 5.74) is 1.35. The summed E-state index contributed by atoms with van der Waals surface area (Å²) < 4.78 is -0.350. The van der Waals surface area contributed by atoms with Crippen molar-refractivity contribution in [2.24, 2.45) is 0 Å². The van der Waals surface area contributed by atoms with E-state index in [1.807, 2.05) is 19.1 Å². The number of hydrogen-bond acceptors (Lipinski definition) is 2. The molecule has 0 saturated heterocycles. The first-order valence-corrected chi connectivity index (χ1v) is 5.24. The van der Waals surface area contributed by atoms with Crippen LogP contribution >= 0.6 is 0 Å². The maximum atomic E-state index is 12.5. The van der Waals surface area contributed by atoms with Gasteiger partial charge in [0, 0.05) is 12.1 Å². The fourth-order valence-electron chi connectivity index (χ4n) is 2.06. The highest BCUT2D eigenvalue weighted by atomic mass is 16.5. The van der Waals surface area contributed by atoms with Crippen LogP contribution in [0.1, 0.15) is 18.9 Å². The van der Waals surface area contributed by atoms with Gasteiger partial charge in [-0.3, -0.25) is 0 Å². The van der Waals surface area contributed by atoms with Crippen LogP contribution in [-0.2, 0) is 0 Å². The summed E-state index contributed by atoms with van der Waals surface area (Å²) in [5, 5.41) is 22.1. The van der Waals surface area contributed by atoms with Gasteiger partial charge in [-0.2, -0.15) is 0 Å². The molecule has 0 amide bonds. The number of fused-ring (bicyclic) bond motifs is 1. The third-order valence-electron chi connectivity index (χ3n) is 2.78. The molecule has 0 spiro atoms.